The molecule has 5 nitrogen and oxygen atoms in total. The van der Waals surface area contributed by atoms with Crippen LogP contribution in [0.1, 0.15) is 31.6 Å². The van der Waals surface area contributed by atoms with Gasteiger partial charge in [0.05, 0.1) is 6.20 Å². The van der Waals surface area contributed by atoms with Crippen LogP contribution in [0.2, 0.25) is 0 Å². The minimum absolute atomic E-state index is 0. The van der Waals surface area contributed by atoms with Crippen LogP contribution in [0.25, 0.3) is 11.3 Å². The summed E-state index contributed by atoms with van der Waals surface area (Å²) in [4.78, 5) is 18.6. The van der Waals surface area contributed by atoms with E-state index in [4.69, 9.17) is 4.42 Å². The molecule has 2 aromatic rings. The smallest absolute Gasteiger partial charge is 0.222 e. The van der Waals surface area contributed by atoms with Gasteiger partial charge in [0.25, 0.3) is 0 Å². The molecule has 1 fully saturated rings. The zero-order chi connectivity index (χ0) is 16.8. The van der Waals surface area contributed by atoms with E-state index < -0.39 is 0 Å². The van der Waals surface area contributed by atoms with Gasteiger partial charge in [-0.05, 0) is 26.3 Å². The van der Waals surface area contributed by atoms with Crippen LogP contribution >= 0.6 is 24.8 Å². The van der Waals surface area contributed by atoms with E-state index in [-0.39, 0.29) is 30.7 Å². The van der Waals surface area contributed by atoms with Crippen molar-refractivity contribution in [1.29, 1.82) is 0 Å². The van der Waals surface area contributed by atoms with Crippen LogP contribution in [0.3, 0.4) is 0 Å². The molecule has 1 aromatic carbocycles. The second-order valence-electron chi connectivity index (χ2n) is 6.31. The number of hydrogen-bond donors (Lipinski definition) is 1. The summed E-state index contributed by atoms with van der Waals surface area (Å²) < 4.78 is 5.79. The first-order valence-corrected chi connectivity index (χ1v) is 8.71. The normalized spacial score (nSPS) is 16.5. The molecule has 0 radical (unpaired) electrons. The number of nitrogens with one attached hydrogen (secondary N) is 1. The topological polar surface area (TPSA) is 58.4 Å². The van der Waals surface area contributed by atoms with Crippen molar-refractivity contribution in [3.05, 3.63) is 42.4 Å². The van der Waals surface area contributed by atoms with Crippen LogP contribution in [0, 0.1) is 0 Å². The van der Waals surface area contributed by atoms with Crippen molar-refractivity contribution in [3.63, 3.8) is 0 Å². The Morgan fingerprint density at radius 1 is 1.31 bits per heavy atom. The highest BCUT2D eigenvalue weighted by molar-refractivity contribution is 5.85. The SMILES string of the molecule is CNC1CCCN(C(=O)CCCc2ncc(-c3ccccc3)o2)C1.Cl.Cl. The number of likely N-dealkylation sites (tertiary alicyclic amines) is 1. The molecule has 1 N–H and O–H groups in total. The van der Waals surface area contributed by atoms with Crippen molar-refractivity contribution in [2.24, 2.45) is 0 Å². The molecular formula is C19H27Cl2N3O2. The molecule has 1 aromatic heterocycles. The average molecular weight is 400 g/mol. The molecule has 26 heavy (non-hydrogen) atoms. The predicted octanol–water partition coefficient (Wildman–Crippen LogP) is 3.72. The lowest BCUT2D eigenvalue weighted by Crippen LogP contribution is -2.46. The minimum atomic E-state index is 0. The van der Waals surface area contributed by atoms with Crippen molar-refractivity contribution in [3.8, 4) is 11.3 Å². The monoisotopic (exact) mass is 399 g/mol. The van der Waals surface area contributed by atoms with Crippen LogP contribution in [0.5, 0.6) is 0 Å². The first-order valence-electron chi connectivity index (χ1n) is 8.71. The number of aryl methyl sites for hydroxylation is 1. The highest BCUT2D eigenvalue weighted by atomic mass is 35.5. The van der Waals surface area contributed by atoms with E-state index in [2.05, 4.69) is 10.3 Å². The highest BCUT2D eigenvalue weighted by Gasteiger charge is 2.22. The molecule has 1 aliphatic heterocycles. The van der Waals surface area contributed by atoms with Crippen LogP contribution in [-0.4, -0.2) is 42.0 Å². The molecule has 1 unspecified atom stereocenters. The summed E-state index contributed by atoms with van der Waals surface area (Å²) in [6.07, 6.45) is 6.01. The number of nitrogens with zero attached hydrogens (tertiary/aromatic N) is 2. The lowest BCUT2D eigenvalue weighted by Gasteiger charge is -2.32. The Balaban J connectivity index is 0.00000169. The fraction of sp³-hybridized carbons (Fsp3) is 0.474. The van der Waals surface area contributed by atoms with Gasteiger partial charge in [-0.1, -0.05) is 30.3 Å². The summed E-state index contributed by atoms with van der Waals surface area (Å²) in [6, 6.07) is 10.4. The molecule has 1 aliphatic rings. The summed E-state index contributed by atoms with van der Waals surface area (Å²) in [5.41, 5.74) is 1.03. The number of carbonyl (C=O) groups is 1. The Bertz CT molecular complexity index is 664. The summed E-state index contributed by atoms with van der Waals surface area (Å²) in [7, 11) is 1.96. The first kappa shape index (κ1) is 22.5. The van der Waals surface area contributed by atoms with Crippen LogP contribution in [-0.2, 0) is 11.2 Å². The van der Waals surface area contributed by atoms with Crippen molar-refractivity contribution < 1.29 is 9.21 Å². The highest BCUT2D eigenvalue weighted by Crippen LogP contribution is 2.20. The first-order chi connectivity index (χ1) is 11.8. The standard InChI is InChI=1S/C19H25N3O2.2ClH/c1-20-16-9-6-12-22(14-16)19(23)11-5-10-18-21-13-17(24-18)15-7-3-2-4-8-15;;/h2-4,7-8,13,16,20H,5-6,9-12,14H2,1H3;2*1H. The molecule has 0 spiro atoms. The maximum Gasteiger partial charge on any atom is 0.222 e. The van der Waals surface area contributed by atoms with Crippen molar-refractivity contribution in [2.75, 3.05) is 20.1 Å². The van der Waals surface area contributed by atoms with Gasteiger partial charge in [-0.2, -0.15) is 0 Å². The summed E-state index contributed by atoms with van der Waals surface area (Å²) in [6.45, 7) is 1.71. The van der Waals surface area contributed by atoms with Crippen LogP contribution < -0.4 is 5.32 Å². The van der Waals surface area contributed by atoms with E-state index >= 15 is 0 Å². The van der Waals surface area contributed by atoms with E-state index in [9.17, 15) is 4.79 Å². The van der Waals surface area contributed by atoms with E-state index in [0.717, 1.165) is 43.7 Å². The minimum Gasteiger partial charge on any atom is -0.441 e. The molecule has 3 rings (SSSR count). The van der Waals surface area contributed by atoms with E-state index in [1.165, 1.54) is 0 Å². The molecule has 7 heteroatoms. The Morgan fingerprint density at radius 2 is 2.08 bits per heavy atom. The third-order valence-corrected chi connectivity index (χ3v) is 4.58. The van der Waals surface area contributed by atoms with Gasteiger partial charge in [0.2, 0.25) is 5.91 Å². The number of benzene rings is 1. The number of hydrogen-bond acceptors (Lipinski definition) is 4. The fourth-order valence-electron chi connectivity index (χ4n) is 3.15. The molecule has 1 saturated heterocycles. The van der Waals surface area contributed by atoms with E-state index in [0.29, 0.717) is 24.8 Å². The number of amides is 1. The molecule has 144 valence electrons. The van der Waals surface area contributed by atoms with Crippen molar-refractivity contribution in [2.45, 2.75) is 38.1 Å². The predicted molar refractivity (Wildman–Crippen MR) is 108 cm³/mol. The number of piperidine rings is 1. The summed E-state index contributed by atoms with van der Waals surface area (Å²) in [5, 5.41) is 3.27. The molecule has 1 amide bonds. The fourth-order valence-corrected chi connectivity index (χ4v) is 3.15. The Hall–Kier alpha value is -1.56. The van der Waals surface area contributed by atoms with Crippen molar-refractivity contribution >= 4 is 30.7 Å². The third kappa shape index (κ3) is 6.01. The van der Waals surface area contributed by atoms with Gasteiger partial charge >= 0.3 is 0 Å². The average Bonchev–Trinajstić information content (AvgIpc) is 3.11. The summed E-state index contributed by atoms with van der Waals surface area (Å²) >= 11 is 0. The van der Waals surface area contributed by atoms with Crippen LogP contribution in [0.15, 0.2) is 40.9 Å². The zero-order valence-corrected chi connectivity index (χ0v) is 16.7. The number of aromatic nitrogens is 1. The second kappa shape index (κ2) is 11.2. The Labute approximate surface area is 167 Å². The van der Waals surface area contributed by atoms with Gasteiger partial charge in [-0.3, -0.25) is 4.79 Å². The zero-order valence-electron chi connectivity index (χ0n) is 15.0. The lowest BCUT2D eigenvalue weighted by atomic mass is 10.1. The van der Waals surface area contributed by atoms with E-state index in [1.54, 1.807) is 6.20 Å². The number of rotatable bonds is 6. The maximum absolute atomic E-state index is 12.3. The number of oxazole rings is 1. The number of halogens is 2. The Kier molecular flexibility index (Phi) is 9.70. The third-order valence-electron chi connectivity index (χ3n) is 4.58. The molecule has 1 atom stereocenters. The van der Waals surface area contributed by atoms with Crippen LogP contribution in [0.4, 0.5) is 0 Å². The van der Waals surface area contributed by atoms with Gasteiger partial charge < -0.3 is 14.6 Å². The number of likely N-dealkylation sites (N-methyl/N-ethyl adjacent to an activating group) is 1. The second-order valence-corrected chi connectivity index (χ2v) is 6.31. The molecule has 2 heterocycles. The van der Waals surface area contributed by atoms with Crippen molar-refractivity contribution in [1.82, 2.24) is 15.2 Å². The van der Waals surface area contributed by atoms with Gasteiger partial charge in [0.15, 0.2) is 11.7 Å². The molecule has 0 bridgehead atoms. The van der Waals surface area contributed by atoms with Gasteiger partial charge in [-0.25, -0.2) is 4.98 Å². The lowest BCUT2D eigenvalue weighted by molar-refractivity contribution is -0.132. The largest absolute Gasteiger partial charge is 0.441 e. The molecule has 0 saturated carbocycles. The van der Waals surface area contributed by atoms with Gasteiger partial charge in [-0.15, -0.1) is 24.8 Å². The Morgan fingerprint density at radius 3 is 2.81 bits per heavy atom. The summed E-state index contributed by atoms with van der Waals surface area (Å²) in [5.74, 6) is 1.73. The molecular weight excluding hydrogens is 373 g/mol. The number of carbonyl (C=O) groups excluding carboxylic acids is 1. The van der Waals surface area contributed by atoms with Gasteiger partial charge in [0.1, 0.15) is 0 Å². The maximum atomic E-state index is 12.3. The van der Waals surface area contributed by atoms with Gasteiger partial charge in [0, 0.05) is 37.5 Å². The molecule has 0 aliphatic carbocycles. The quantitative estimate of drug-likeness (QED) is 0.803. The van der Waals surface area contributed by atoms with E-state index in [1.807, 2.05) is 42.3 Å².